The molecule has 0 radical (unpaired) electrons. The zero-order valence-corrected chi connectivity index (χ0v) is 11.1. The first-order valence-corrected chi connectivity index (χ1v) is 7.22. The molecule has 0 saturated heterocycles. The number of amides is 1. The van der Waals surface area contributed by atoms with E-state index in [1.54, 1.807) is 0 Å². The SMILES string of the molecule is CC1(C(=O)NCCNC2CCCCCC2)CC1. The van der Waals surface area contributed by atoms with Crippen LogP contribution in [-0.4, -0.2) is 25.0 Å². The van der Waals surface area contributed by atoms with E-state index in [4.69, 9.17) is 0 Å². The van der Waals surface area contributed by atoms with Gasteiger partial charge in [-0.15, -0.1) is 0 Å². The van der Waals surface area contributed by atoms with E-state index in [1.165, 1.54) is 38.5 Å². The Morgan fingerprint density at radius 1 is 1.12 bits per heavy atom. The lowest BCUT2D eigenvalue weighted by Crippen LogP contribution is -2.39. The van der Waals surface area contributed by atoms with E-state index in [-0.39, 0.29) is 11.3 Å². The molecule has 98 valence electrons. The summed E-state index contributed by atoms with van der Waals surface area (Å²) in [6.07, 6.45) is 10.3. The summed E-state index contributed by atoms with van der Waals surface area (Å²) < 4.78 is 0. The highest BCUT2D eigenvalue weighted by Crippen LogP contribution is 2.44. The molecular weight excluding hydrogens is 212 g/mol. The Labute approximate surface area is 105 Å². The summed E-state index contributed by atoms with van der Waals surface area (Å²) in [7, 11) is 0. The number of carbonyl (C=O) groups is 1. The van der Waals surface area contributed by atoms with Crippen molar-refractivity contribution in [3.05, 3.63) is 0 Å². The van der Waals surface area contributed by atoms with Crippen LogP contribution in [0.2, 0.25) is 0 Å². The third kappa shape index (κ3) is 3.98. The van der Waals surface area contributed by atoms with Gasteiger partial charge in [0.25, 0.3) is 0 Å². The van der Waals surface area contributed by atoms with Crippen molar-refractivity contribution >= 4 is 5.91 Å². The van der Waals surface area contributed by atoms with Gasteiger partial charge in [0, 0.05) is 24.5 Å². The summed E-state index contributed by atoms with van der Waals surface area (Å²) in [6.45, 7) is 3.76. The van der Waals surface area contributed by atoms with Crippen molar-refractivity contribution in [3.63, 3.8) is 0 Å². The molecule has 0 bridgehead atoms. The lowest BCUT2D eigenvalue weighted by atomic mass is 10.1. The number of nitrogens with one attached hydrogen (secondary N) is 2. The van der Waals surface area contributed by atoms with E-state index in [0.717, 1.165) is 25.9 Å². The highest BCUT2D eigenvalue weighted by atomic mass is 16.2. The molecule has 2 aliphatic rings. The van der Waals surface area contributed by atoms with E-state index in [1.807, 2.05) is 0 Å². The monoisotopic (exact) mass is 238 g/mol. The second kappa shape index (κ2) is 5.85. The lowest BCUT2D eigenvalue weighted by molar-refractivity contribution is -0.125. The number of hydrogen-bond donors (Lipinski definition) is 2. The normalized spacial score (nSPS) is 24.1. The molecule has 3 nitrogen and oxygen atoms in total. The van der Waals surface area contributed by atoms with Gasteiger partial charge in [-0.2, -0.15) is 0 Å². The van der Waals surface area contributed by atoms with Gasteiger partial charge in [0.05, 0.1) is 0 Å². The second-order valence-electron chi connectivity index (χ2n) is 5.96. The molecule has 0 spiro atoms. The summed E-state index contributed by atoms with van der Waals surface area (Å²) in [4.78, 5) is 11.7. The second-order valence-corrected chi connectivity index (χ2v) is 5.96. The topological polar surface area (TPSA) is 41.1 Å². The van der Waals surface area contributed by atoms with Crippen molar-refractivity contribution in [3.8, 4) is 0 Å². The van der Waals surface area contributed by atoms with Crippen molar-refractivity contribution in [1.29, 1.82) is 0 Å². The molecule has 2 saturated carbocycles. The molecule has 3 heteroatoms. The maximum absolute atomic E-state index is 11.7. The fourth-order valence-corrected chi connectivity index (χ4v) is 2.56. The minimum Gasteiger partial charge on any atom is -0.354 e. The quantitative estimate of drug-likeness (QED) is 0.569. The van der Waals surface area contributed by atoms with Crippen molar-refractivity contribution < 1.29 is 4.79 Å². The van der Waals surface area contributed by atoms with Crippen LogP contribution < -0.4 is 10.6 Å². The van der Waals surface area contributed by atoms with Gasteiger partial charge in [-0.1, -0.05) is 32.6 Å². The highest BCUT2D eigenvalue weighted by Gasteiger charge is 2.44. The van der Waals surface area contributed by atoms with Crippen LogP contribution in [0.15, 0.2) is 0 Å². The molecule has 0 aromatic carbocycles. The number of hydrogen-bond acceptors (Lipinski definition) is 2. The van der Waals surface area contributed by atoms with E-state index in [9.17, 15) is 4.79 Å². The predicted octanol–water partition coefficient (Wildman–Crippen LogP) is 2.22. The summed E-state index contributed by atoms with van der Waals surface area (Å²) >= 11 is 0. The Morgan fingerprint density at radius 3 is 2.35 bits per heavy atom. The molecule has 1 amide bonds. The van der Waals surface area contributed by atoms with E-state index in [2.05, 4.69) is 17.6 Å². The van der Waals surface area contributed by atoms with Gasteiger partial charge in [-0.3, -0.25) is 4.79 Å². The lowest BCUT2D eigenvalue weighted by Gasteiger charge is -2.17. The molecular formula is C14H26N2O. The van der Waals surface area contributed by atoms with Gasteiger partial charge in [-0.05, 0) is 25.7 Å². The standard InChI is InChI=1S/C14H26N2O/c1-14(8-9-14)13(17)16-11-10-15-12-6-4-2-3-5-7-12/h12,15H,2-11H2,1H3,(H,16,17). The Hall–Kier alpha value is -0.570. The molecule has 0 atom stereocenters. The first kappa shape index (κ1) is 12.9. The minimum atomic E-state index is -0.0255. The van der Waals surface area contributed by atoms with E-state index in [0.29, 0.717) is 6.04 Å². The maximum Gasteiger partial charge on any atom is 0.225 e. The average molecular weight is 238 g/mol. The zero-order chi connectivity index (χ0) is 12.1. The van der Waals surface area contributed by atoms with Gasteiger partial charge < -0.3 is 10.6 Å². The fraction of sp³-hybridized carbons (Fsp3) is 0.929. The summed E-state index contributed by atoms with van der Waals surface area (Å²) in [6, 6.07) is 0.686. The minimum absolute atomic E-state index is 0.0255. The Kier molecular flexibility index (Phi) is 4.43. The number of carbonyl (C=O) groups excluding carboxylic acids is 1. The van der Waals surface area contributed by atoms with Gasteiger partial charge in [0.1, 0.15) is 0 Å². The molecule has 2 aliphatic carbocycles. The fourth-order valence-electron chi connectivity index (χ4n) is 2.56. The van der Waals surface area contributed by atoms with Crippen LogP contribution in [0.3, 0.4) is 0 Å². The third-order valence-electron chi connectivity index (χ3n) is 4.25. The van der Waals surface area contributed by atoms with E-state index >= 15 is 0 Å². The number of rotatable bonds is 5. The molecule has 0 aromatic heterocycles. The summed E-state index contributed by atoms with van der Waals surface area (Å²) in [5.41, 5.74) is -0.0255. The van der Waals surface area contributed by atoms with Crippen LogP contribution in [0.1, 0.15) is 58.3 Å². The summed E-state index contributed by atoms with van der Waals surface area (Å²) in [5.74, 6) is 0.250. The Balaban J connectivity index is 1.54. The first-order valence-electron chi connectivity index (χ1n) is 7.22. The Morgan fingerprint density at radius 2 is 1.76 bits per heavy atom. The van der Waals surface area contributed by atoms with Gasteiger partial charge in [0.15, 0.2) is 0 Å². The van der Waals surface area contributed by atoms with Crippen molar-refractivity contribution in [2.45, 2.75) is 64.3 Å². The molecule has 0 heterocycles. The van der Waals surface area contributed by atoms with Crippen molar-refractivity contribution in [2.24, 2.45) is 5.41 Å². The average Bonchev–Trinajstić information content (AvgIpc) is 3.09. The van der Waals surface area contributed by atoms with Crippen LogP contribution in [-0.2, 0) is 4.79 Å². The van der Waals surface area contributed by atoms with Crippen LogP contribution in [0.4, 0.5) is 0 Å². The van der Waals surface area contributed by atoms with Gasteiger partial charge in [-0.25, -0.2) is 0 Å². The van der Waals surface area contributed by atoms with Crippen molar-refractivity contribution in [2.75, 3.05) is 13.1 Å². The molecule has 2 fully saturated rings. The van der Waals surface area contributed by atoms with Crippen LogP contribution >= 0.6 is 0 Å². The molecule has 0 aromatic rings. The zero-order valence-electron chi connectivity index (χ0n) is 11.1. The van der Waals surface area contributed by atoms with E-state index < -0.39 is 0 Å². The van der Waals surface area contributed by atoms with Gasteiger partial charge in [0.2, 0.25) is 5.91 Å². The smallest absolute Gasteiger partial charge is 0.225 e. The van der Waals surface area contributed by atoms with Crippen LogP contribution in [0, 0.1) is 5.41 Å². The highest BCUT2D eigenvalue weighted by molar-refractivity contribution is 5.84. The molecule has 17 heavy (non-hydrogen) atoms. The summed E-state index contributed by atoms with van der Waals surface area (Å²) in [5, 5.41) is 6.61. The van der Waals surface area contributed by atoms with Crippen molar-refractivity contribution in [1.82, 2.24) is 10.6 Å². The molecule has 0 unspecified atom stereocenters. The molecule has 2 rings (SSSR count). The Bertz CT molecular complexity index is 253. The van der Waals surface area contributed by atoms with Gasteiger partial charge >= 0.3 is 0 Å². The molecule has 2 N–H and O–H groups in total. The first-order chi connectivity index (χ1) is 8.21. The van der Waals surface area contributed by atoms with Crippen LogP contribution in [0.25, 0.3) is 0 Å². The third-order valence-corrected chi connectivity index (χ3v) is 4.25. The largest absolute Gasteiger partial charge is 0.354 e. The maximum atomic E-state index is 11.7. The predicted molar refractivity (Wildman–Crippen MR) is 69.8 cm³/mol. The van der Waals surface area contributed by atoms with Crippen LogP contribution in [0.5, 0.6) is 0 Å². The molecule has 0 aliphatic heterocycles.